The lowest BCUT2D eigenvalue weighted by atomic mass is 10.1. The molecule has 0 N–H and O–H groups in total. The highest BCUT2D eigenvalue weighted by molar-refractivity contribution is 6.56. The maximum absolute atomic E-state index is 6.16. The second-order valence-electron chi connectivity index (χ2n) is 7.78. The molecule has 0 bridgehead atoms. The number of benzene rings is 1. The third-order valence-electron chi connectivity index (χ3n) is 4.83. The van der Waals surface area contributed by atoms with Crippen molar-refractivity contribution < 1.29 is 9.47 Å². The predicted molar refractivity (Wildman–Crippen MR) is 110 cm³/mol. The highest BCUT2D eigenvalue weighted by atomic mass is 28.2. The molecule has 0 radical (unpaired) electrons. The zero-order valence-corrected chi connectivity index (χ0v) is 17.8. The van der Waals surface area contributed by atoms with E-state index in [1.165, 1.54) is 16.3 Å². The molecule has 0 spiro atoms. The van der Waals surface area contributed by atoms with Crippen molar-refractivity contribution in [2.75, 3.05) is 13.2 Å². The molecule has 2 atom stereocenters. The minimum absolute atomic E-state index is 0.0203. The van der Waals surface area contributed by atoms with Crippen molar-refractivity contribution in [1.82, 2.24) is 0 Å². The van der Waals surface area contributed by atoms with Crippen molar-refractivity contribution in [2.24, 2.45) is 0 Å². The van der Waals surface area contributed by atoms with Crippen molar-refractivity contribution in [3.05, 3.63) is 53.6 Å². The first-order valence-corrected chi connectivity index (χ1v) is 11.0. The first kappa shape index (κ1) is 20.2. The van der Waals surface area contributed by atoms with Crippen LogP contribution in [-0.2, 0) is 9.47 Å². The van der Waals surface area contributed by atoms with Gasteiger partial charge in [-0.1, -0.05) is 58.8 Å². The molecule has 1 aliphatic heterocycles. The third-order valence-corrected chi connectivity index (χ3v) is 6.95. The average molecular weight is 359 g/mol. The molecule has 0 saturated carbocycles. The summed E-state index contributed by atoms with van der Waals surface area (Å²) < 4.78 is 12.3. The molecule has 138 valence electrons. The Morgan fingerprint density at radius 1 is 1.24 bits per heavy atom. The van der Waals surface area contributed by atoms with Gasteiger partial charge >= 0.3 is 0 Å². The van der Waals surface area contributed by atoms with E-state index in [-0.39, 0.29) is 5.22 Å². The molecule has 1 heterocycles. The van der Waals surface area contributed by atoms with Crippen LogP contribution in [0.15, 0.2) is 53.6 Å². The zero-order valence-electron chi connectivity index (χ0n) is 16.4. The van der Waals surface area contributed by atoms with Crippen molar-refractivity contribution in [1.29, 1.82) is 0 Å². The van der Waals surface area contributed by atoms with E-state index in [2.05, 4.69) is 70.2 Å². The number of rotatable bonds is 8. The third kappa shape index (κ3) is 7.72. The molecule has 1 aromatic carbocycles. The number of allylic oxidation sites excluding steroid dienone is 3. The fourth-order valence-electron chi connectivity index (χ4n) is 3.39. The second-order valence-corrected chi connectivity index (χ2v) is 10.4. The Bertz CT molecular complexity index is 575. The van der Waals surface area contributed by atoms with Gasteiger partial charge in [0.05, 0.1) is 27.5 Å². The number of hydrogen-bond donors (Lipinski definition) is 0. The lowest BCUT2D eigenvalue weighted by Crippen LogP contribution is -2.48. The summed E-state index contributed by atoms with van der Waals surface area (Å²) in [7, 11) is -0.468. The molecule has 0 aromatic heterocycles. The molecule has 2 rings (SSSR count). The Balaban J connectivity index is 1.78. The van der Waals surface area contributed by atoms with Crippen LogP contribution in [0.25, 0.3) is 0 Å². The van der Waals surface area contributed by atoms with Crippen molar-refractivity contribution in [2.45, 2.75) is 64.7 Å². The molecule has 3 heteroatoms. The summed E-state index contributed by atoms with van der Waals surface area (Å²) in [5.74, 6) is 0. The SMILES string of the molecule is CC(C)=CCCC(C)=CCOC1CCOC(C)([SiH2]c2ccccc2)C1. The standard InChI is InChI=1S/C22H34O2Si/c1-18(2)9-8-10-19(3)13-15-23-20-14-16-24-22(4,17-20)25-21-11-6-5-7-12-21/h5-7,9,11-13,20H,8,10,14-17,25H2,1-4H3. The van der Waals surface area contributed by atoms with E-state index in [9.17, 15) is 0 Å². The zero-order chi connectivity index (χ0) is 18.1. The van der Waals surface area contributed by atoms with Gasteiger partial charge in [0.2, 0.25) is 0 Å². The molecule has 1 saturated heterocycles. The first-order valence-electron chi connectivity index (χ1n) is 9.55. The van der Waals surface area contributed by atoms with E-state index in [0.29, 0.717) is 6.10 Å². The number of ether oxygens (including phenoxy) is 2. The summed E-state index contributed by atoms with van der Waals surface area (Å²) in [4.78, 5) is 0. The molecule has 1 fully saturated rings. The van der Waals surface area contributed by atoms with E-state index in [1.807, 2.05) is 0 Å². The van der Waals surface area contributed by atoms with Crippen molar-refractivity contribution in [3.63, 3.8) is 0 Å². The Hall–Kier alpha value is -1.16. The lowest BCUT2D eigenvalue weighted by Gasteiger charge is -2.38. The van der Waals surface area contributed by atoms with Crippen LogP contribution < -0.4 is 5.19 Å². The van der Waals surface area contributed by atoms with E-state index < -0.39 is 9.52 Å². The van der Waals surface area contributed by atoms with Gasteiger partial charge in [0.1, 0.15) is 0 Å². The second kappa shape index (κ2) is 10.1. The van der Waals surface area contributed by atoms with E-state index >= 15 is 0 Å². The fourth-order valence-corrected chi connectivity index (χ4v) is 5.47. The molecular weight excluding hydrogens is 324 g/mol. The van der Waals surface area contributed by atoms with Gasteiger partial charge < -0.3 is 9.47 Å². The molecule has 2 unspecified atom stereocenters. The number of hydrogen-bond acceptors (Lipinski definition) is 2. The lowest BCUT2D eigenvalue weighted by molar-refractivity contribution is -0.0809. The van der Waals surface area contributed by atoms with Crippen LogP contribution in [0, 0.1) is 0 Å². The minimum Gasteiger partial charge on any atom is -0.379 e. The average Bonchev–Trinajstić information content (AvgIpc) is 2.55. The highest BCUT2D eigenvalue weighted by Gasteiger charge is 2.34. The van der Waals surface area contributed by atoms with Gasteiger partial charge in [-0.05, 0) is 53.4 Å². The minimum atomic E-state index is -0.468. The van der Waals surface area contributed by atoms with Crippen LogP contribution in [0.4, 0.5) is 0 Å². The van der Waals surface area contributed by atoms with Gasteiger partial charge in [-0.25, -0.2) is 0 Å². The van der Waals surface area contributed by atoms with Crippen molar-refractivity contribution >= 4 is 14.7 Å². The molecular formula is C22H34O2Si. The summed E-state index contributed by atoms with van der Waals surface area (Å²) in [6, 6.07) is 10.8. The van der Waals surface area contributed by atoms with Crippen molar-refractivity contribution in [3.8, 4) is 0 Å². The monoisotopic (exact) mass is 358 g/mol. The molecule has 2 nitrogen and oxygen atoms in total. The van der Waals surface area contributed by atoms with Gasteiger partial charge in [0.25, 0.3) is 0 Å². The van der Waals surface area contributed by atoms with Gasteiger partial charge in [-0.15, -0.1) is 0 Å². The summed E-state index contributed by atoms with van der Waals surface area (Å²) in [5.41, 5.74) is 2.82. The quantitative estimate of drug-likeness (QED) is 0.515. The van der Waals surface area contributed by atoms with Gasteiger partial charge in [-0.2, -0.15) is 0 Å². The van der Waals surface area contributed by atoms with Gasteiger partial charge in [0.15, 0.2) is 0 Å². The summed E-state index contributed by atoms with van der Waals surface area (Å²) in [5, 5.41) is 1.49. The van der Waals surface area contributed by atoms with Crippen LogP contribution in [0.3, 0.4) is 0 Å². The van der Waals surface area contributed by atoms with Crippen LogP contribution in [-0.4, -0.2) is 34.1 Å². The first-order chi connectivity index (χ1) is 12.0. The maximum atomic E-state index is 6.16. The molecule has 0 amide bonds. The summed E-state index contributed by atoms with van der Waals surface area (Å²) >= 11 is 0. The van der Waals surface area contributed by atoms with E-state index in [4.69, 9.17) is 9.47 Å². The highest BCUT2D eigenvalue weighted by Crippen LogP contribution is 2.26. The van der Waals surface area contributed by atoms with E-state index in [0.717, 1.165) is 38.9 Å². The molecule has 0 aliphatic carbocycles. The summed E-state index contributed by atoms with van der Waals surface area (Å²) in [6.45, 7) is 10.4. The topological polar surface area (TPSA) is 18.5 Å². The van der Waals surface area contributed by atoms with Crippen LogP contribution in [0.5, 0.6) is 0 Å². The van der Waals surface area contributed by atoms with E-state index in [1.54, 1.807) is 0 Å². The Labute approximate surface area is 156 Å². The van der Waals surface area contributed by atoms with Crippen LogP contribution in [0.2, 0.25) is 0 Å². The smallest absolute Gasteiger partial charge is 0.0923 e. The molecule has 25 heavy (non-hydrogen) atoms. The largest absolute Gasteiger partial charge is 0.379 e. The Morgan fingerprint density at radius 3 is 2.72 bits per heavy atom. The van der Waals surface area contributed by atoms with Gasteiger partial charge in [-0.3, -0.25) is 0 Å². The maximum Gasteiger partial charge on any atom is 0.0923 e. The van der Waals surface area contributed by atoms with Gasteiger partial charge in [0, 0.05) is 6.61 Å². The fraction of sp³-hybridized carbons (Fsp3) is 0.545. The normalized spacial score (nSPS) is 24.6. The van der Waals surface area contributed by atoms with Crippen LogP contribution >= 0.6 is 0 Å². The summed E-state index contributed by atoms with van der Waals surface area (Å²) in [6.07, 6.45) is 9.18. The molecule has 1 aromatic rings. The molecule has 1 aliphatic rings. The predicted octanol–water partition coefficient (Wildman–Crippen LogP) is 4.09. The van der Waals surface area contributed by atoms with Crippen LogP contribution in [0.1, 0.15) is 53.4 Å². The Morgan fingerprint density at radius 2 is 2.00 bits per heavy atom. The Kier molecular flexibility index (Phi) is 8.14.